The molecule has 14 N–H and O–H groups in total. The van der Waals surface area contributed by atoms with Gasteiger partial charge in [-0.05, 0) is 0 Å². The zero-order valence-electron chi connectivity index (χ0n) is 17.1. The Balaban J connectivity index is -0.0000000444. The van der Waals surface area contributed by atoms with Crippen molar-refractivity contribution in [2.75, 3.05) is 0 Å². The fourth-order valence-corrected chi connectivity index (χ4v) is 0.770. The average molecular weight is 446 g/mol. The molecule has 0 fully saturated rings. The minimum atomic E-state index is -2.17. The second kappa shape index (κ2) is 38.7. The first-order chi connectivity index (χ1) is 12.9. The van der Waals surface area contributed by atoms with E-state index in [1.54, 1.807) is 0 Å². The molecule has 0 saturated carbocycles. The van der Waals surface area contributed by atoms with E-state index in [2.05, 4.69) is 0 Å². The maximum absolute atomic E-state index is 7.17. The molecule has 0 aliphatic rings. The third kappa shape index (κ3) is 149. The third-order valence-corrected chi connectivity index (χ3v) is 1.33. The van der Waals surface area contributed by atoms with E-state index in [9.17, 15) is 0 Å². The van der Waals surface area contributed by atoms with Crippen LogP contribution in [-0.2, 0) is 0 Å². The summed E-state index contributed by atoms with van der Waals surface area (Å²) in [6.07, 6.45) is 0. The summed E-state index contributed by atoms with van der Waals surface area (Å²) in [7, 11) is -8.67. The molecule has 0 atom stereocenters. The molecule has 0 aliphatic heterocycles. The van der Waals surface area contributed by atoms with Crippen molar-refractivity contribution in [2.24, 2.45) is 0 Å². The van der Waals surface area contributed by atoms with Crippen molar-refractivity contribution < 1.29 is 96.7 Å². The third-order valence-electron chi connectivity index (χ3n) is 1.33. The zero-order valence-corrected chi connectivity index (χ0v) is 18.1. The molecule has 0 spiro atoms. The van der Waals surface area contributed by atoms with Gasteiger partial charge in [-0.1, -0.05) is 72.8 Å². The molecule has 2 aromatic rings. The summed E-state index contributed by atoms with van der Waals surface area (Å²) in [5, 5.41) is 86.0. The largest absolute Gasteiger partial charge is 1.00 e. The molecular weight excluding hydrogens is 418 g/mol. The van der Waals surface area contributed by atoms with Crippen LogP contribution < -0.4 is 29.6 Å². The molecule has 0 saturated heterocycles. The van der Waals surface area contributed by atoms with E-state index in [0.29, 0.717) is 0 Å². The quantitative estimate of drug-likeness (QED) is 0.168. The predicted octanol–water partition coefficient (Wildman–Crippen LogP) is -8.54. The van der Waals surface area contributed by atoms with Crippen molar-refractivity contribution in [1.29, 1.82) is 0 Å². The van der Waals surface area contributed by atoms with Crippen LogP contribution in [-0.4, -0.2) is 95.0 Å². The van der Waals surface area contributed by atoms with Crippen LogP contribution in [0.15, 0.2) is 72.8 Å². The average Bonchev–Trinajstić information content (AvgIpc) is 2.56. The second-order valence-corrected chi connectivity index (χ2v) is 3.70. The van der Waals surface area contributed by atoms with Crippen molar-refractivity contribution in [3.8, 4) is 0 Å². The Morgan fingerprint density at radius 2 is 0.333 bits per heavy atom. The van der Waals surface area contributed by atoms with Crippen LogP contribution in [0.4, 0.5) is 0 Å². The number of hydrogen-bond donors (Lipinski definition) is 12. The van der Waals surface area contributed by atoms with Crippen LogP contribution in [0.3, 0.4) is 0 Å². The summed E-state index contributed by atoms with van der Waals surface area (Å²) in [4.78, 5) is 0. The Hall–Kier alpha value is -0.820. The monoisotopic (exact) mass is 446 g/mol. The first-order valence-electron chi connectivity index (χ1n) is 7.10. The van der Waals surface area contributed by atoms with Crippen molar-refractivity contribution in [2.45, 2.75) is 0 Å². The maximum Gasteiger partial charge on any atom is 1.00 e. The minimum absolute atomic E-state index is 0. The van der Waals surface area contributed by atoms with Gasteiger partial charge in [-0.25, -0.2) is 0 Å². The van der Waals surface area contributed by atoms with Crippen LogP contribution in [0, 0.1) is 0 Å². The normalized spacial score (nSPS) is 6.80. The number of benzene rings is 2. The van der Waals surface area contributed by atoms with Gasteiger partial charge in [-0.2, -0.15) is 0 Å². The van der Waals surface area contributed by atoms with Crippen molar-refractivity contribution >= 4 is 29.3 Å². The van der Waals surface area contributed by atoms with E-state index in [1.807, 2.05) is 72.8 Å². The van der Waals surface area contributed by atoms with E-state index in [1.165, 1.54) is 0 Å². The SMILES string of the molecule is O.OB(O)O.OB(O)O.OB(O)O.OB(O)O.[H-].[Na+].c1ccccc1.c1ccccc1. The molecule has 13 nitrogen and oxygen atoms in total. The van der Waals surface area contributed by atoms with Gasteiger partial charge in [0.15, 0.2) is 0 Å². The number of rotatable bonds is 0. The molecule has 0 radical (unpaired) electrons. The molecule has 166 valence electrons. The Kier molecular flexibility index (Phi) is 55.7. The van der Waals surface area contributed by atoms with Crippen LogP contribution in [0.1, 0.15) is 1.43 Å². The summed E-state index contributed by atoms with van der Waals surface area (Å²) in [6, 6.07) is 24.0. The van der Waals surface area contributed by atoms with Gasteiger partial charge >= 0.3 is 58.8 Å². The van der Waals surface area contributed by atoms with Gasteiger partial charge in [0.25, 0.3) is 0 Å². The molecular formula is C12H27B4NaO13. The summed E-state index contributed by atoms with van der Waals surface area (Å²) < 4.78 is 0. The summed E-state index contributed by atoms with van der Waals surface area (Å²) >= 11 is 0. The topological polar surface area (TPSA) is 274 Å². The van der Waals surface area contributed by atoms with Gasteiger partial charge in [0.05, 0.1) is 0 Å². The fourth-order valence-electron chi connectivity index (χ4n) is 0.770. The van der Waals surface area contributed by atoms with Crippen molar-refractivity contribution in [3.63, 3.8) is 0 Å². The standard InChI is InChI=1S/2C6H6.4BH3O3.Na.H2O.H/c2*1-2-4-6-5-3-1;4*2-1(3)4;;;/h2*1-6H;4*2-4H;;1H2;/q;;;;;;+1;;-1. The number of hydrogen-bond acceptors (Lipinski definition) is 12. The predicted molar refractivity (Wildman–Crippen MR) is 107 cm³/mol. The Labute approximate surface area is 198 Å². The smallest absolute Gasteiger partial charge is 1.00 e. The van der Waals surface area contributed by atoms with Gasteiger partial charge in [0, 0.05) is 0 Å². The molecule has 2 aromatic carbocycles. The van der Waals surface area contributed by atoms with E-state index in [-0.39, 0.29) is 36.5 Å². The van der Waals surface area contributed by atoms with Crippen LogP contribution in [0.5, 0.6) is 0 Å². The van der Waals surface area contributed by atoms with Crippen LogP contribution in [0.25, 0.3) is 0 Å². The molecule has 0 aliphatic carbocycles. The molecule has 30 heavy (non-hydrogen) atoms. The molecule has 2 rings (SSSR count). The van der Waals surface area contributed by atoms with Crippen LogP contribution >= 0.6 is 0 Å². The van der Waals surface area contributed by atoms with E-state index < -0.39 is 29.3 Å². The first-order valence-corrected chi connectivity index (χ1v) is 7.10. The fraction of sp³-hybridized carbons (Fsp3) is 0. The molecule has 0 amide bonds. The van der Waals surface area contributed by atoms with Gasteiger partial charge in [0.2, 0.25) is 0 Å². The summed E-state index contributed by atoms with van der Waals surface area (Å²) in [5.74, 6) is 0. The Morgan fingerprint density at radius 1 is 0.300 bits per heavy atom. The van der Waals surface area contributed by atoms with E-state index in [0.717, 1.165) is 0 Å². The van der Waals surface area contributed by atoms with Gasteiger partial charge in [0.1, 0.15) is 0 Å². The summed E-state index contributed by atoms with van der Waals surface area (Å²) in [6.45, 7) is 0. The van der Waals surface area contributed by atoms with E-state index >= 15 is 0 Å². The Bertz CT molecular complexity index is 347. The van der Waals surface area contributed by atoms with Crippen molar-refractivity contribution in [3.05, 3.63) is 72.8 Å². The molecule has 0 bridgehead atoms. The van der Waals surface area contributed by atoms with Gasteiger partial charge < -0.3 is 67.2 Å². The second-order valence-electron chi connectivity index (χ2n) is 3.70. The molecule has 18 heteroatoms. The van der Waals surface area contributed by atoms with Gasteiger partial charge in [-0.15, -0.1) is 0 Å². The van der Waals surface area contributed by atoms with Crippen LogP contribution in [0.2, 0.25) is 0 Å². The van der Waals surface area contributed by atoms with Crippen molar-refractivity contribution in [1.82, 2.24) is 0 Å². The maximum atomic E-state index is 7.17. The molecule has 0 heterocycles. The Morgan fingerprint density at radius 3 is 0.367 bits per heavy atom. The zero-order chi connectivity index (χ0) is 22.8. The van der Waals surface area contributed by atoms with E-state index in [4.69, 9.17) is 60.3 Å². The summed E-state index contributed by atoms with van der Waals surface area (Å²) in [5.41, 5.74) is 0. The molecule has 0 aromatic heterocycles. The van der Waals surface area contributed by atoms with Gasteiger partial charge in [-0.3, -0.25) is 0 Å². The minimum Gasteiger partial charge on any atom is -1.00 e. The molecule has 0 unspecified atom stereocenters. The first kappa shape index (κ1) is 43.1.